The molecule has 0 bridgehead atoms. The van der Waals surface area contributed by atoms with Crippen molar-refractivity contribution in [2.45, 2.75) is 32.1 Å². The van der Waals surface area contributed by atoms with Gasteiger partial charge in [0.25, 0.3) is 0 Å². The molecule has 13 heavy (non-hydrogen) atoms. The van der Waals surface area contributed by atoms with Gasteiger partial charge in [-0.2, -0.15) is 0 Å². The molecule has 0 amide bonds. The number of nitrogens with one attached hydrogen (secondary N) is 1. The van der Waals surface area contributed by atoms with Gasteiger partial charge in [-0.05, 0) is 36.8 Å². The van der Waals surface area contributed by atoms with E-state index in [9.17, 15) is 4.79 Å². The van der Waals surface area contributed by atoms with E-state index in [1.165, 1.54) is 24.1 Å². The summed E-state index contributed by atoms with van der Waals surface area (Å²) in [6, 6.07) is 0. The monoisotopic (exact) mass is 179 g/mol. The number of aryl methyl sites for hydroxylation is 1. The summed E-state index contributed by atoms with van der Waals surface area (Å²) >= 11 is 0. The normalized spacial score (nSPS) is 15.4. The number of aromatic nitrogens is 1. The highest BCUT2D eigenvalue weighted by atomic mass is 16.4. The van der Waals surface area contributed by atoms with Crippen LogP contribution in [0.1, 0.15) is 29.7 Å². The van der Waals surface area contributed by atoms with Crippen LogP contribution in [0.25, 0.3) is 0 Å². The van der Waals surface area contributed by atoms with Crippen molar-refractivity contribution in [3.63, 3.8) is 0 Å². The Morgan fingerprint density at radius 2 is 2.23 bits per heavy atom. The molecule has 1 aliphatic rings. The van der Waals surface area contributed by atoms with Gasteiger partial charge in [0, 0.05) is 11.9 Å². The average Bonchev–Trinajstić information content (AvgIpc) is 2.48. The van der Waals surface area contributed by atoms with E-state index in [1.54, 1.807) is 0 Å². The SMILES string of the molecule is O=C(O)Cc1c[nH]c2c1CCCC2. The third kappa shape index (κ3) is 1.59. The van der Waals surface area contributed by atoms with E-state index >= 15 is 0 Å². The van der Waals surface area contributed by atoms with Gasteiger partial charge in [-0.15, -0.1) is 0 Å². The molecular weight excluding hydrogens is 166 g/mol. The number of carboxylic acid groups (broad SMARTS) is 1. The molecule has 1 heterocycles. The lowest BCUT2D eigenvalue weighted by Gasteiger charge is -2.11. The zero-order valence-corrected chi connectivity index (χ0v) is 7.47. The molecule has 1 aliphatic carbocycles. The first-order valence-corrected chi connectivity index (χ1v) is 4.67. The average molecular weight is 179 g/mol. The fourth-order valence-corrected chi connectivity index (χ4v) is 2.00. The van der Waals surface area contributed by atoms with Gasteiger partial charge in [0.05, 0.1) is 6.42 Å². The molecule has 1 aromatic rings. The van der Waals surface area contributed by atoms with Crippen molar-refractivity contribution >= 4 is 5.97 Å². The van der Waals surface area contributed by atoms with Gasteiger partial charge in [-0.1, -0.05) is 0 Å². The minimum absolute atomic E-state index is 0.159. The van der Waals surface area contributed by atoms with Crippen molar-refractivity contribution in [3.05, 3.63) is 23.0 Å². The minimum atomic E-state index is -0.743. The second-order valence-corrected chi connectivity index (χ2v) is 3.55. The fourth-order valence-electron chi connectivity index (χ4n) is 2.00. The zero-order chi connectivity index (χ0) is 9.26. The van der Waals surface area contributed by atoms with E-state index in [4.69, 9.17) is 5.11 Å². The standard InChI is InChI=1S/C10H13NO2/c12-10(13)5-7-6-11-9-4-2-1-3-8(7)9/h6,11H,1-5H2,(H,12,13). The van der Waals surface area contributed by atoms with Gasteiger partial charge in [-0.3, -0.25) is 4.79 Å². The Kier molecular flexibility index (Phi) is 2.08. The van der Waals surface area contributed by atoms with E-state index in [1.807, 2.05) is 6.20 Å². The van der Waals surface area contributed by atoms with Gasteiger partial charge < -0.3 is 10.1 Å². The molecule has 3 nitrogen and oxygen atoms in total. The Morgan fingerprint density at radius 1 is 1.46 bits per heavy atom. The number of aliphatic carboxylic acids is 1. The quantitative estimate of drug-likeness (QED) is 0.723. The predicted octanol–water partition coefficient (Wildman–Crippen LogP) is 1.52. The van der Waals surface area contributed by atoms with Gasteiger partial charge >= 0.3 is 5.97 Å². The zero-order valence-electron chi connectivity index (χ0n) is 7.47. The van der Waals surface area contributed by atoms with E-state index in [0.29, 0.717) is 0 Å². The molecule has 0 aromatic carbocycles. The first kappa shape index (κ1) is 8.35. The van der Waals surface area contributed by atoms with Gasteiger partial charge in [-0.25, -0.2) is 0 Å². The van der Waals surface area contributed by atoms with Crippen LogP contribution in [0.15, 0.2) is 6.20 Å². The molecule has 2 rings (SSSR count). The Hall–Kier alpha value is -1.25. The second kappa shape index (κ2) is 3.24. The van der Waals surface area contributed by atoms with E-state index in [-0.39, 0.29) is 6.42 Å². The number of carbonyl (C=O) groups is 1. The van der Waals surface area contributed by atoms with Crippen molar-refractivity contribution in [2.75, 3.05) is 0 Å². The maximum atomic E-state index is 10.5. The molecule has 0 aliphatic heterocycles. The molecule has 0 radical (unpaired) electrons. The summed E-state index contributed by atoms with van der Waals surface area (Å²) in [6.07, 6.45) is 6.55. The van der Waals surface area contributed by atoms with Crippen molar-refractivity contribution < 1.29 is 9.90 Å². The highest BCUT2D eigenvalue weighted by molar-refractivity contribution is 5.70. The van der Waals surface area contributed by atoms with Crippen molar-refractivity contribution in [1.82, 2.24) is 4.98 Å². The first-order valence-electron chi connectivity index (χ1n) is 4.67. The van der Waals surface area contributed by atoms with Crippen LogP contribution < -0.4 is 0 Å². The van der Waals surface area contributed by atoms with Crippen LogP contribution in [-0.4, -0.2) is 16.1 Å². The van der Waals surface area contributed by atoms with Gasteiger partial charge in [0.2, 0.25) is 0 Å². The number of rotatable bonds is 2. The maximum Gasteiger partial charge on any atom is 0.307 e. The van der Waals surface area contributed by atoms with Crippen LogP contribution in [0, 0.1) is 0 Å². The van der Waals surface area contributed by atoms with Gasteiger partial charge in [0.1, 0.15) is 0 Å². The lowest BCUT2D eigenvalue weighted by atomic mass is 9.94. The van der Waals surface area contributed by atoms with E-state index in [2.05, 4.69) is 4.98 Å². The molecule has 2 N–H and O–H groups in total. The summed E-state index contributed by atoms with van der Waals surface area (Å²) in [4.78, 5) is 13.7. The number of carboxylic acids is 1. The fraction of sp³-hybridized carbons (Fsp3) is 0.500. The van der Waals surface area contributed by atoms with Crippen molar-refractivity contribution in [3.8, 4) is 0 Å². The van der Waals surface area contributed by atoms with Crippen LogP contribution >= 0.6 is 0 Å². The Bertz CT molecular complexity index is 328. The van der Waals surface area contributed by atoms with Crippen LogP contribution in [0.4, 0.5) is 0 Å². The van der Waals surface area contributed by atoms with Crippen LogP contribution in [0.5, 0.6) is 0 Å². The highest BCUT2D eigenvalue weighted by Crippen LogP contribution is 2.23. The molecule has 0 unspecified atom stereocenters. The Balaban J connectivity index is 2.26. The number of fused-ring (bicyclic) bond motifs is 1. The minimum Gasteiger partial charge on any atom is -0.481 e. The summed E-state index contributed by atoms with van der Waals surface area (Å²) in [6.45, 7) is 0. The predicted molar refractivity (Wildman–Crippen MR) is 48.8 cm³/mol. The third-order valence-corrected chi connectivity index (χ3v) is 2.62. The molecule has 70 valence electrons. The summed E-state index contributed by atoms with van der Waals surface area (Å²) in [5.74, 6) is -0.743. The summed E-state index contributed by atoms with van der Waals surface area (Å²) < 4.78 is 0. The molecule has 3 heteroatoms. The molecule has 1 aromatic heterocycles. The van der Waals surface area contributed by atoms with Crippen LogP contribution in [-0.2, 0) is 24.1 Å². The largest absolute Gasteiger partial charge is 0.481 e. The lowest BCUT2D eigenvalue weighted by molar-refractivity contribution is -0.136. The highest BCUT2D eigenvalue weighted by Gasteiger charge is 2.16. The number of hydrogen-bond acceptors (Lipinski definition) is 1. The molecule has 0 atom stereocenters. The third-order valence-electron chi connectivity index (χ3n) is 2.62. The molecule has 0 saturated carbocycles. The van der Waals surface area contributed by atoms with E-state index < -0.39 is 5.97 Å². The second-order valence-electron chi connectivity index (χ2n) is 3.55. The number of H-pyrrole nitrogens is 1. The molecule has 0 spiro atoms. The Morgan fingerprint density at radius 3 is 3.00 bits per heavy atom. The molecular formula is C10H13NO2. The smallest absolute Gasteiger partial charge is 0.307 e. The summed E-state index contributed by atoms with van der Waals surface area (Å²) in [5, 5.41) is 8.67. The van der Waals surface area contributed by atoms with Crippen molar-refractivity contribution in [1.29, 1.82) is 0 Å². The number of aromatic amines is 1. The topological polar surface area (TPSA) is 53.1 Å². The van der Waals surface area contributed by atoms with Gasteiger partial charge in [0.15, 0.2) is 0 Å². The molecule has 0 fully saturated rings. The van der Waals surface area contributed by atoms with Crippen molar-refractivity contribution in [2.24, 2.45) is 0 Å². The molecule has 0 saturated heterocycles. The summed E-state index contributed by atoms with van der Waals surface area (Å²) in [7, 11) is 0. The lowest BCUT2D eigenvalue weighted by Crippen LogP contribution is -2.05. The summed E-state index contributed by atoms with van der Waals surface area (Å²) in [5.41, 5.74) is 3.48. The Labute approximate surface area is 76.8 Å². The van der Waals surface area contributed by atoms with E-state index in [0.717, 1.165) is 18.4 Å². The van der Waals surface area contributed by atoms with Crippen LogP contribution in [0.3, 0.4) is 0 Å². The van der Waals surface area contributed by atoms with Crippen LogP contribution in [0.2, 0.25) is 0 Å². The number of hydrogen-bond donors (Lipinski definition) is 2. The first-order chi connectivity index (χ1) is 6.27. The maximum absolute atomic E-state index is 10.5.